The summed E-state index contributed by atoms with van der Waals surface area (Å²) >= 11 is 0. The number of carbonyl (C=O) groups excluding carboxylic acids is 1. The van der Waals surface area contributed by atoms with Crippen molar-refractivity contribution in [3.63, 3.8) is 0 Å². The largest absolute Gasteiger partial charge is 0.272 e. The number of hydrogen-bond acceptors (Lipinski definition) is 5. The molecule has 7 heteroatoms. The van der Waals surface area contributed by atoms with Gasteiger partial charge in [-0.15, -0.1) is 0 Å². The zero-order valence-electron chi connectivity index (χ0n) is 8.66. The van der Waals surface area contributed by atoms with Crippen LogP contribution < -0.4 is 5.43 Å². The molecule has 7 nitrogen and oxygen atoms in total. The zero-order valence-corrected chi connectivity index (χ0v) is 8.66. The Hall–Kier alpha value is -2.75. The number of nitriles is 1. The molecule has 1 aromatic rings. The van der Waals surface area contributed by atoms with Crippen LogP contribution in [0, 0.1) is 21.4 Å². The lowest BCUT2D eigenvalue weighted by Gasteiger charge is -1.94. The van der Waals surface area contributed by atoms with Crippen LogP contribution in [0.25, 0.3) is 0 Å². The Morgan fingerprint density at radius 1 is 1.53 bits per heavy atom. The van der Waals surface area contributed by atoms with Gasteiger partial charge in [-0.1, -0.05) is 0 Å². The molecule has 0 atom stereocenters. The summed E-state index contributed by atoms with van der Waals surface area (Å²) in [6.07, 6.45) is 1.07. The SMILES string of the molecule is N#CCC(=O)N/N=C\c1ccc([N+](=O)[O-])cc1. The molecule has 0 fully saturated rings. The van der Waals surface area contributed by atoms with Gasteiger partial charge in [-0.25, -0.2) is 5.43 Å². The molecule has 0 radical (unpaired) electrons. The van der Waals surface area contributed by atoms with Crippen LogP contribution in [0.15, 0.2) is 29.4 Å². The maximum Gasteiger partial charge on any atom is 0.269 e. The van der Waals surface area contributed by atoms with Crippen LogP contribution in [0.1, 0.15) is 12.0 Å². The lowest BCUT2D eigenvalue weighted by molar-refractivity contribution is -0.384. The van der Waals surface area contributed by atoms with Crippen LogP contribution in [0.3, 0.4) is 0 Å². The second-order valence-electron chi connectivity index (χ2n) is 2.98. The predicted molar refractivity (Wildman–Crippen MR) is 59.1 cm³/mol. The first-order valence-corrected chi connectivity index (χ1v) is 4.57. The summed E-state index contributed by atoms with van der Waals surface area (Å²) < 4.78 is 0. The summed E-state index contributed by atoms with van der Waals surface area (Å²) in [5.74, 6) is -0.509. The predicted octanol–water partition coefficient (Wildman–Crippen LogP) is 0.959. The first-order valence-electron chi connectivity index (χ1n) is 4.57. The second kappa shape index (κ2) is 5.97. The van der Waals surface area contributed by atoms with Crippen molar-refractivity contribution >= 4 is 17.8 Å². The van der Waals surface area contributed by atoms with E-state index < -0.39 is 10.8 Å². The number of rotatable bonds is 4. The van der Waals surface area contributed by atoms with E-state index in [-0.39, 0.29) is 12.1 Å². The number of benzene rings is 1. The quantitative estimate of drug-likeness (QED) is 0.473. The molecule has 0 saturated heterocycles. The Morgan fingerprint density at radius 2 is 2.18 bits per heavy atom. The number of nitrogens with zero attached hydrogens (tertiary/aromatic N) is 3. The van der Waals surface area contributed by atoms with Crippen LogP contribution >= 0.6 is 0 Å². The Labute approximate surface area is 96.5 Å². The van der Waals surface area contributed by atoms with Gasteiger partial charge in [-0.05, 0) is 17.7 Å². The Kier molecular flexibility index (Phi) is 4.33. The van der Waals surface area contributed by atoms with Gasteiger partial charge in [-0.3, -0.25) is 14.9 Å². The van der Waals surface area contributed by atoms with Gasteiger partial charge in [0.2, 0.25) is 0 Å². The number of hydrazone groups is 1. The molecule has 0 spiro atoms. The first kappa shape index (κ1) is 12.3. The van der Waals surface area contributed by atoms with Gasteiger partial charge >= 0.3 is 0 Å². The van der Waals surface area contributed by atoms with Gasteiger partial charge in [0, 0.05) is 12.1 Å². The van der Waals surface area contributed by atoms with E-state index in [0.29, 0.717) is 5.56 Å². The summed E-state index contributed by atoms with van der Waals surface area (Å²) in [6.45, 7) is 0. The molecule has 0 unspecified atom stereocenters. The smallest absolute Gasteiger partial charge is 0.269 e. The molecule has 0 aliphatic rings. The third kappa shape index (κ3) is 4.09. The van der Waals surface area contributed by atoms with E-state index in [1.54, 1.807) is 6.07 Å². The molecule has 1 aromatic carbocycles. The summed E-state index contributed by atoms with van der Waals surface area (Å²) in [7, 11) is 0. The molecule has 0 bridgehead atoms. The summed E-state index contributed by atoms with van der Waals surface area (Å²) in [6, 6.07) is 7.33. The van der Waals surface area contributed by atoms with Crippen LogP contribution in [0.4, 0.5) is 5.69 Å². The minimum atomic E-state index is -0.509. The molecular weight excluding hydrogens is 224 g/mol. The van der Waals surface area contributed by atoms with Crippen molar-refractivity contribution in [1.29, 1.82) is 5.26 Å². The maximum atomic E-state index is 10.8. The van der Waals surface area contributed by atoms with Crippen molar-refractivity contribution in [2.75, 3.05) is 0 Å². The molecule has 1 rings (SSSR count). The highest BCUT2D eigenvalue weighted by atomic mass is 16.6. The van der Waals surface area contributed by atoms with E-state index in [4.69, 9.17) is 5.26 Å². The number of nitro groups is 1. The Morgan fingerprint density at radius 3 is 2.71 bits per heavy atom. The van der Waals surface area contributed by atoms with Crippen molar-refractivity contribution in [1.82, 2.24) is 5.43 Å². The van der Waals surface area contributed by atoms with E-state index >= 15 is 0 Å². The van der Waals surface area contributed by atoms with Gasteiger partial charge in [0.05, 0.1) is 17.2 Å². The lowest BCUT2D eigenvalue weighted by atomic mass is 10.2. The highest BCUT2D eigenvalue weighted by Crippen LogP contribution is 2.10. The minimum Gasteiger partial charge on any atom is -0.272 e. The fraction of sp³-hybridized carbons (Fsp3) is 0.100. The van der Waals surface area contributed by atoms with E-state index in [2.05, 4.69) is 10.5 Å². The normalized spacial score (nSPS) is 9.82. The van der Waals surface area contributed by atoms with Crippen molar-refractivity contribution in [3.8, 4) is 6.07 Å². The average Bonchev–Trinajstić information content (AvgIpc) is 2.30. The first-order chi connectivity index (χ1) is 8.13. The maximum absolute atomic E-state index is 10.8. The standard InChI is InChI=1S/C10H8N4O3/c11-6-5-10(15)13-12-7-8-1-3-9(4-2-8)14(16)17/h1-4,7H,5H2,(H,13,15)/b12-7-. The molecule has 1 amide bonds. The molecule has 86 valence electrons. The molecule has 0 aromatic heterocycles. The molecule has 17 heavy (non-hydrogen) atoms. The van der Waals surface area contributed by atoms with Gasteiger partial charge in [0.1, 0.15) is 6.42 Å². The zero-order chi connectivity index (χ0) is 12.7. The van der Waals surface area contributed by atoms with E-state index in [1.165, 1.54) is 30.5 Å². The number of non-ortho nitro benzene ring substituents is 1. The van der Waals surface area contributed by atoms with Crippen LogP contribution in [-0.2, 0) is 4.79 Å². The van der Waals surface area contributed by atoms with Gasteiger partial charge in [0.15, 0.2) is 0 Å². The van der Waals surface area contributed by atoms with Gasteiger partial charge in [-0.2, -0.15) is 10.4 Å². The van der Waals surface area contributed by atoms with Crippen molar-refractivity contribution in [2.24, 2.45) is 5.10 Å². The van der Waals surface area contributed by atoms with Crippen molar-refractivity contribution in [2.45, 2.75) is 6.42 Å². The number of nitro benzene ring substituents is 1. The van der Waals surface area contributed by atoms with Crippen molar-refractivity contribution < 1.29 is 9.72 Å². The average molecular weight is 232 g/mol. The van der Waals surface area contributed by atoms with Gasteiger partial charge in [0.25, 0.3) is 11.6 Å². The summed E-state index contributed by atoms with van der Waals surface area (Å²) in [5, 5.41) is 22.2. The minimum absolute atomic E-state index is 0.0179. The third-order valence-electron chi connectivity index (χ3n) is 1.75. The Balaban J connectivity index is 2.58. The van der Waals surface area contributed by atoms with E-state index in [9.17, 15) is 14.9 Å². The monoisotopic (exact) mass is 232 g/mol. The van der Waals surface area contributed by atoms with E-state index in [0.717, 1.165) is 0 Å². The van der Waals surface area contributed by atoms with Crippen LogP contribution in [-0.4, -0.2) is 17.0 Å². The molecule has 0 aliphatic carbocycles. The topological polar surface area (TPSA) is 108 Å². The summed E-state index contributed by atoms with van der Waals surface area (Å²) in [4.78, 5) is 20.7. The van der Waals surface area contributed by atoms with E-state index in [1.807, 2.05) is 0 Å². The molecule has 0 heterocycles. The van der Waals surface area contributed by atoms with Crippen molar-refractivity contribution in [3.05, 3.63) is 39.9 Å². The van der Waals surface area contributed by atoms with Crippen LogP contribution in [0.2, 0.25) is 0 Å². The highest BCUT2D eigenvalue weighted by molar-refractivity contribution is 5.83. The van der Waals surface area contributed by atoms with Crippen LogP contribution in [0.5, 0.6) is 0 Å². The number of carbonyl (C=O) groups is 1. The van der Waals surface area contributed by atoms with Gasteiger partial charge < -0.3 is 0 Å². The fourth-order valence-corrected chi connectivity index (χ4v) is 0.972. The summed E-state index contributed by atoms with van der Waals surface area (Å²) in [5.41, 5.74) is 2.73. The fourth-order valence-electron chi connectivity index (χ4n) is 0.972. The molecule has 0 aliphatic heterocycles. The third-order valence-corrected chi connectivity index (χ3v) is 1.75. The highest BCUT2D eigenvalue weighted by Gasteiger charge is 2.02. The molecule has 0 saturated carbocycles. The number of amides is 1. The Bertz CT molecular complexity index is 487. The second-order valence-corrected chi connectivity index (χ2v) is 2.98. The lowest BCUT2D eigenvalue weighted by Crippen LogP contribution is -2.16. The molecule has 1 N–H and O–H groups in total. The number of nitrogens with one attached hydrogen (secondary N) is 1. The number of hydrogen-bond donors (Lipinski definition) is 1. The molecular formula is C10H8N4O3.